The number of fused-ring (bicyclic) bond motifs is 1. The highest BCUT2D eigenvalue weighted by Crippen LogP contribution is 2.32. The largest absolute Gasteiger partial charge is 0.506 e. The Hall–Kier alpha value is -1.71. The van der Waals surface area contributed by atoms with Crippen LogP contribution in [0.3, 0.4) is 0 Å². The maximum atomic E-state index is 11.3. The number of benzene rings is 1. The molecule has 0 fully saturated rings. The van der Waals surface area contributed by atoms with Crippen LogP contribution in [0.15, 0.2) is 12.1 Å². The van der Waals surface area contributed by atoms with Gasteiger partial charge in [-0.05, 0) is 6.07 Å². The Bertz CT molecular complexity index is 373. The van der Waals surface area contributed by atoms with Crippen LogP contribution in [0.2, 0.25) is 0 Å². The predicted octanol–water partition coefficient (Wildman–Crippen LogP) is 0.940. The van der Waals surface area contributed by atoms with Gasteiger partial charge in [-0.15, -0.1) is 0 Å². The molecule has 13 heavy (non-hydrogen) atoms. The minimum Gasteiger partial charge on any atom is -0.506 e. The van der Waals surface area contributed by atoms with Gasteiger partial charge in [0.05, 0.1) is 17.9 Å². The van der Waals surface area contributed by atoms with Crippen molar-refractivity contribution < 1.29 is 14.6 Å². The summed E-state index contributed by atoms with van der Waals surface area (Å²) >= 11 is 0. The van der Waals surface area contributed by atoms with Crippen LogP contribution >= 0.6 is 0 Å². The molecule has 0 radical (unpaired) electrons. The number of anilines is 1. The zero-order valence-corrected chi connectivity index (χ0v) is 6.91. The lowest BCUT2D eigenvalue weighted by Crippen LogP contribution is -2.15. The van der Waals surface area contributed by atoms with Gasteiger partial charge in [0.1, 0.15) is 11.5 Å². The maximum Gasteiger partial charge on any atom is 0.170 e. The van der Waals surface area contributed by atoms with Gasteiger partial charge in [0.15, 0.2) is 5.78 Å². The molecule has 0 amide bonds. The monoisotopic (exact) mass is 179 g/mol. The number of rotatable bonds is 0. The van der Waals surface area contributed by atoms with Gasteiger partial charge in [-0.1, -0.05) is 0 Å². The van der Waals surface area contributed by atoms with Gasteiger partial charge in [0, 0.05) is 12.5 Å². The first-order chi connectivity index (χ1) is 6.18. The van der Waals surface area contributed by atoms with Gasteiger partial charge < -0.3 is 15.6 Å². The second kappa shape index (κ2) is 2.65. The summed E-state index contributed by atoms with van der Waals surface area (Å²) in [5.41, 5.74) is 6.09. The summed E-state index contributed by atoms with van der Waals surface area (Å²) < 4.78 is 5.22. The van der Waals surface area contributed by atoms with Gasteiger partial charge in [-0.3, -0.25) is 4.79 Å². The Morgan fingerprint density at radius 1 is 1.46 bits per heavy atom. The van der Waals surface area contributed by atoms with Crippen LogP contribution < -0.4 is 10.5 Å². The van der Waals surface area contributed by atoms with E-state index in [1.807, 2.05) is 0 Å². The van der Waals surface area contributed by atoms with Crippen LogP contribution in [-0.2, 0) is 0 Å². The maximum absolute atomic E-state index is 11.3. The average molecular weight is 179 g/mol. The number of phenolic OH excluding ortho intramolecular Hbond substituents is 1. The van der Waals surface area contributed by atoms with E-state index in [0.29, 0.717) is 24.3 Å². The number of ketones is 1. The van der Waals surface area contributed by atoms with Crippen LogP contribution in [0.4, 0.5) is 5.69 Å². The summed E-state index contributed by atoms with van der Waals surface area (Å²) in [6, 6.07) is 2.83. The number of carbonyl (C=O) groups excluding carboxylic acids is 1. The lowest BCUT2D eigenvalue weighted by atomic mass is 10.0. The van der Waals surface area contributed by atoms with Gasteiger partial charge in [-0.2, -0.15) is 0 Å². The number of Topliss-reactive ketones (excluding diaryl/α,β-unsaturated/α-hetero) is 1. The number of hydrogen-bond donors (Lipinski definition) is 2. The van der Waals surface area contributed by atoms with E-state index >= 15 is 0 Å². The summed E-state index contributed by atoms with van der Waals surface area (Å²) in [5, 5.41) is 9.26. The van der Waals surface area contributed by atoms with Crippen LogP contribution in [0.1, 0.15) is 16.8 Å². The van der Waals surface area contributed by atoms with Crippen molar-refractivity contribution in [3.63, 3.8) is 0 Å². The number of nitrogen functional groups attached to an aromatic ring is 1. The molecule has 1 aromatic rings. The number of nitrogens with two attached hydrogens (primary N) is 1. The standard InChI is InChI=1S/C9H9NO3/c10-6-4-9-5(3-8(6)12)7(11)1-2-13-9/h3-4,12H,1-2,10H2. The normalized spacial score (nSPS) is 14.9. The molecule has 3 N–H and O–H groups in total. The highest BCUT2D eigenvalue weighted by Gasteiger charge is 2.19. The van der Waals surface area contributed by atoms with Crippen molar-refractivity contribution in [1.82, 2.24) is 0 Å². The van der Waals surface area contributed by atoms with E-state index in [4.69, 9.17) is 10.5 Å². The lowest BCUT2D eigenvalue weighted by molar-refractivity contribution is 0.0933. The van der Waals surface area contributed by atoms with Gasteiger partial charge in [0.2, 0.25) is 0 Å². The van der Waals surface area contributed by atoms with Crippen LogP contribution in [0.25, 0.3) is 0 Å². The molecule has 0 unspecified atom stereocenters. The summed E-state index contributed by atoms with van der Waals surface area (Å²) in [6.45, 7) is 0.385. The first kappa shape index (κ1) is 7.91. The van der Waals surface area contributed by atoms with Crippen molar-refractivity contribution in [2.75, 3.05) is 12.3 Å². The molecule has 2 rings (SSSR count). The molecule has 0 aliphatic carbocycles. The van der Waals surface area contributed by atoms with Crippen LogP contribution in [-0.4, -0.2) is 17.5 Å². The van der Waals surface area contributed by atoms with E-state index in [9.17, 15) is 9.90 Å². The van der Waals surface area contributed by atoms with Crippen LogP contribution in [0, 0.1) is 0 Å². The van der Waals surface area contributed by atoms with E-state index < -0.39 is 0 Å². The minimum atomic E-state index is -0.0717. The van der Waals surface area contributed by atoms with E-state index in [1.54, 1.807) is 0 Å². The summed E-state index contributed by atoms with van der Waals surface area (Å²) in [5.74, 6) is 0.376. The molecule has 1 aliphatic rings. The van der Waals surface area contributed by atoms with Gasteiger partial charge in [-0.25, -0.2) is 0 Å². The van der Waals surface area contributed by atoms with Crippen LogP contribution in [0.5, 0.6) is 11.5 Å². The topological polar surface area (TPSA) is 72.5 Å². The first-order valence-corrected chi connectivity index (χ1v) is 3.97. The second-order valence-corrected chi connectivity index (χ2v) is 2.93. The summed E-state index contributed by atoms with van der Waals surface area (Å²) in [6.07, 6.45) is 0.357. The lowest BCUT2D eigenvalue weighted by Gasteiger charge is -2.16. The van der Waals surface area contributed by atoms with Crippen molar-refractivity contribution in [3.05, 3.63) is 17.7 Å². The predicted molar refractivity (Wildman–Crippen MR) is 47.0 cm³/mol. The molecule has 4 nitrogen and oxygen atoms in total. The number of carbonyl (C=O) groups is 1. The van der Waals surface area contributed by atoms with Gasteiger partial charge >= 0.3 is 0 Å². The summed E-state index contributed by atoms with van der Waals surface area (Å²) in [4.78, 5) is 11.3. The zero-order chi connectivity index (χ0) is 9.42. The third kappa shape index (κ3) is 1.20. The smallest absolute Gasteiger partial charge is 0.170 e. The zero-order valence-electron chi connectivity index (χ0n) is 6.91. The summed E-state index contributed by atoms with van der Waals surface area (Å²) in [7, 11) is 0. The van der Waals surface area contributed by atoms with Crippen molar-refractivity contribution >= 4 is 11.5 Å². The third-order valence-electron chi connectivity index (χ3n) is 2.02. The first-order valence-electron chi connectivity index (χ1n) is 3.97. The van der Waals surface area contributed by atoms with E-state index in [-0.39, 0.29) is 17.2 Å². The molecule has 1 aromatic carbocycles. The molecule has 0 spiro atoms. The molecular weight excluding hydrogens is 170 g/mol. The SMILES string of the molecule is Nc1cc2c(cc1O)C(=O)CCO2. The fourth-order valence-corrected chi connectivity index (χ4v) is 1.31. The Morgan fingerprint density at radius 3 is 3.00 bits per heavy atom. The Morgan fingerprint density at radius 2 is 2.23 bits per heavy atom. The molecule has 1 heterocycles. The Labute approximate surface area is 74.9 Å². The molecule has 0 saturated heterocycles. The Balaban J connectivity index is 2.58. The van der Waals surface area contributed by atoms with Crippen molar-refractivity contribution in [3.8, 4) is 11.5 Å². The van der Waals surface area contributed by atoms with Crippen molar-refractivity contribution in [1.29, 1.82) is 0 Å². The van der Waals surface area contributed by atoms with E-state index in [2.05, 4.69) is 0 Å². The third-order valence-corrected chi connectivity index (χ3v) is 2.02. The van der Waals surface area contributed by atoms with Crippen molar-refractivity contribution in [2.24, 2.45) is 0 Å². The highest BCUT2D eigenvalue weighted by atomic mass is 16.5. The second-order valence-electron chi connectivity index (χ2n) is 2.93. The fourth-order valence-electron chi connectivity index (χ4n) is 1.31. The highest BCUT2D eigenvalue weighted by molar-refractivity contribution is 6.00. The molecule has 4 heteroatoms. The fraction of sp³-hybridized carbons (Fsp3) is 0.222. The number of phenols is 1. The average Bonchev–Trinajstić information content (AvgIpc) is 2.09. The number of ether oxygens (including phenoxy) is 1. The number of hydrogen-bond acceptors (Lipinski definition) is 4. The molecular formula is C9H9NO3. The molecule has 0 bridgehead atoms. The molecule has 0 saturated carbocycles. The molecule has 1 aliphatic heterocycles. The van der Waals surface area contributed by atoms with E-state index in [0.717, 1.165) is 0 Å². The molecule has 68 valence electrons. The van der Waals surface area contributed by atoms with Gasteiger partial charge in [0.25, 0.3) is 0 Å². The minimum absolute atomic E-state index is 0.0171. The number of aromatic hydroxyl groups is 1. The molecule has 0 aromatic heterocycles. The quantitative estimate of drug-likeness (QED) is 0.459. The van der Waals surface area contributed by atoms with Crippen molar-refractivity contribution in [2.45, 2.75) is 6.42 Å². The Kier molecular flexibility index (Phi) is 1.62. The van der Waals surface area contributed by atoms with E-state index in [1.165, 1.54) is 12.1 Å². The molecule has 0 atom stereocenters.